The summed E-state index contributed by atoms with van der Waals surface area (Å²) in [5.74, 6) is -0.701. The molecule has 3 amide bonds. The molecule has 1 aliphatic rings. The quantitative estimate of drug-likeness (QED) is 0.444. The van der Waals surface area contributed by atoms with E-state index in [0.29, 0.717) is 28.0 Å². The van der Waals surface area contributed by atoms with E-state index in [-0.39, 0.29) is 29.8 Å². The molecule has 1 fully saturated rings. The Labute approximate surface area is 183 Å². The summed E-state index contributed by atoms with van der Waals surface area (Å²) in [4.78, 5) is 40.5. The molecular weight excluding hydrogens is 448 g/mol. The molecule has 1 aromatic carbocycles. The van der Waals surface area contributed by atoms with Crippen LogP contribution in [0.3, 0.4) is 0 Å². The number of pyridine rings is 1. The van der Waals surface area contributed by atoms with Crippen LogP contribution in [0.2, 0.25) is 0 Å². The van der Waals surface area contributed by atoms with E-state index in [0.717, 1.165) is 19.3 Å². The van der Waals surface area contributed by atoms with Gasteiger partial charge in [0.25, 0.3) is 11.8 Å². The first-order chi connectivity index (χ1) is 14.4. The van der Waals surface area contributed by atoms with Crippen LogP contribution in [0.25, 0.3) is 0 Å². The molecule has 0 spiro atoms. The average molecular weight is 471 g/mol. The van der Waals surface area contributed by atoms with Gasteiger partial charge in [-0.3, -0.25) is 14.4 Å². The van der Waals surface area contributed by atoms with Crippen LogP contribution >= 0.6 is 15.9 Å². The number of amides is 3. The highest BCUT2D eigenvalue weighted by Crippen LogP contribution is 2.19. The van der Waals surface area contributed by atoms with Crippen LogP contribution < -0.4 is 16.0 Å². The van der Waals surface area contributed by atoms with Crippen molar-refractivity contribution in [3.8, 4) is 0 Å². The molecule has 2 atom stereocenters. The zero-order chi connectivity index (χ0) is 21.5. The fourth-order valence-corrected chi connectivity index (χ4v) is 3.76. The minimum atomic E-state index is -0.330. The maximum atomic E-state index is 12.6. The maximum absolute atomic E-state index is 12.6. The number of benzene rings is 1. The molecule has 1 aliphatic carbocycles. The Balaban J connectivity index is 1.55. The molecule has 1 aromatic heterocycles. The largest absolute Gasteiger partial charge is 0.350 e. The van der Waals surface area contributed by atoms with Gasteiger partial charge in [-0.15, -0.1) is 0 Å². The molecule has 156 valence electrons. The smallest absolute Gasteiger partial charge is 0.274 e. The number of aromatic nitrogens is 1. The summed E-state index contributed by atoms with van der Waals surface area (Å²) in [6.07, 6.45) is 4.66. The average Bonchev–Trinajstić information content (AvgIpc) is 2.74. The van der Waals surface area contributed by atoms with E-state index in [9.17, 15) is 14.4 Å². The van der Waals surface area contributed by atoms with E-state index < -0.39 is 0 Å². The number of hydrogen-bond donors (Lipinski definition) is 3. The maximum Gasteiger partial charge on any atom is 0.274 e. The Morgan fingerprint density at radius 1 is 1.00 bits per heavy atom. The van der Waals surface area contributed by atoms with Gasteiger partial charge in [0.1, 0.15) is 10.3 Å². The topological polar surface area (TPSA) is 100 Å². The van der Waals surface area contributed by atoms with Gasteiger partial charge in [-0.05, 0) is 84.1 Å². The molecular formula is C22H23BrN4O3. The minimum absolute atomic E-state index is 0.00310. The second-order valence-corrected chi connectivity index (χ2v) is 7.94. The summed E-state index contributed by atoms with van der Waals surface area (Å²) in [5.41, 5.74) is 1.37. The van der Waals surface area contributed by atoms with E-state index in [4.69, 9.17) is 0 Å². The summed E-state index contributed by atoms with van der Waals surface area (Å²) in [6, 6.07) is 11.8. The molecule has 8 heteroatoms. The first-order valence-corrected chi connectivity index (χ1v) is 10.5. The standard InChI is InChI=1S/C22H23BrN4O3/c1-2-20(28)24-16-5-3-6-17(13-16)26-21(29)14-9-11-15(12-10-14)25-22(30)18-7-4-8-19(23)27-18/h2,4,7-12,16-17H,1,3,5-6,13H2,(H,24,28)(H,25,30)(H,26,29)/t16-,17+/m0/s1. The molecule has 30 heavy (non-hydrogen) atoms. The van der Waals surface area contributed by atoms with Crippen molar-refractivity contribution < 1.29 is 14.4 Å². The lowest BCUT2D eigenvalue weighted by Gasteiger charge is -2.30. The number of nitrogens with one attached hydrogen (secondary N) is 3. The van der Waals surface area contributed by atoms with E-state index in [1.54, 1.807) is 42.5 Å². The van der Waals surface area contributed by atoms with Crippen molar-refractivity contribution in [2.75, 3.05) is 5.32 Å². The van der Waals surface area contributed by atoms with E-state index >= 15 is 0 Å². The molecule has 0 aliphatic heterocycles. The molecule has 3 rings (SSSR count). The van der Waals surface area contributed by atoms with Crippen molar-refractivity contribution in [2.45, 2.75) is 37.8 Å². The number of halogens is 1. The first-order valence-electron chi connectivity index (χ1n) is 9.72. The third-order valence-electron chi connectivity index (χ3n) is 4.89. The molecule has 1 heterocycles. The molecule has 3 N–H and O–H groups in total. The lowest BCUT2D eigenvalue weighted by atomic mass is 9.90. The van der Waals surface area contributed by atoms with Gasteiger partial charge in [0.15, 0.2) is 0 Å². The fraction of sp³-hybridized carbons (Fsp3) is 0.273. The van der Waals surface area contributed by atoms with Crippen LogP contribution in [0.5, 0.6) is 0 Å². The lowest BCUT2D eigenvalue weighted by molar-refractivity contribution is -0.117. The van der Waals surface area contributed by atoms with Gasteiger partial charge >= 0.3 is 0 Å². The number of anilines is 1. The summed E-state index contributed by atoms with van der Waals surface area (Å²) in [6.45, 7) is 3.47. The molecule has 1 saturated carbocycles. The zero-order valence-electron chi connectivity index (χ0n) is 16.4. The van der Waals surface area contributed by atoms with Gasteiger partial charge in [-0.2, -0.15) is 0 Å². The van der Waals surface area contributed by atoms with Gasteiger partial charge in [0, 0.05) is 23.3 Å². The number of carbonyl (C=O) groups excluding carboxylic acids is 3. The van der Waals surface area contributed by atoms with Crippen LogP contribution in [0, 0.1) is 0 Å². The third kappa shape index (κ3) is 6.00. The number of nitrogens with zero attached hydrogens (tertiary/aromatic N) is 1. The summed E-state index contributed by atoms with van der Waals surface area (Å²) >= 11 is 3.24. The molecule has 0 unspecified atom stereocenters. The van der Waals surface area contributed by atoms with Crippen LogP contribution in [-0.4, -0.2) is 34.8 Å². The van der Waals surface area contributed by atoms with Gasteiger partial charge < -0.3 is 16.0 Å². The van der Waals surface area contributed by atoms with Crippen LogP contribution in [0.15, 0.2) is 59.7 Å². The van der Waals surface area contributed by atoms with Crippen molar-refractivity contribution in [1.29, 1.82) is 0 Å². The molecule has 2 aromatic rings. The van der Waals surface area contributed by atoms with Crippen LogP contribution in [-0.2, 0) is 4.79 Å². The second kappa shape index (κ2) is 10.2. The Kier molecular flexibility index (Phi) is 7.35. The predicted octanol–water partition coefficient (Wildman–Crippen LogP) is 3.44. The Morgan fingerprint density at radius 3 is 2.37 bits per heavy atom. The van der Waals surface area contributed by atoms with Crippen molar-refractivity contribution >= 4 is 39.3 Å². The normalized spacial score (nSPS) is 18.2. The molecule has 0 bridgehead atoms. The van der Waals surface area contributed by atoms with Gasteiger partial charge in [-0.1, -0.05) is 12.6 Å². The molecule has 0 saturated heterocycles. The predicted molar refractivity (Wildman–Crippen MR) is 118 cm³/mol. The number of rotatable bonds is 6. The van der Waals surface area contributed by atoms with Crippen molar-refractivity contribution in [2.24, 2.45) is 0 Å². The Morgan fingerprint density at radius 2 is 1.70 bits per heavy atom. The van der Waals surface area contributed by atoms with Crippen LogP contribution in [0.1, 0.15) is 46.5 Å². The van der Waals surface area contributed by atoms with E-state index in [1.165, 1.54) is 6.08 Å². The van der Waals surface area contributed by atoms with Crippen molar-refractivity contribution in [3.63, 3.8) is 0 Å². The van der Waals surface area contributed by atoms with E-state index in [2.05, 4.69) is 43.4 Å². The second-order valence-electron chi connectivity index (χ2n) is 7.12. The lowest BCUT2D eigenvalue weighted by Crippen LogP contribution is -2.45. The summed E-state index contributed by atoms with van der Waals surface area (Å²) in [5, 5.41) is 8.69. The zero-order valence-corrected chi connectivity index (χ0v) is 17.9. The minimum Gasteiger partial charge on any atom is -0.350 e. The Hall–Kier alpha value is -3.00. The van der Waals surface area contributed by atoms with Crippen LogP contribution in [0.4, 0.5) is 5.69 Å². The van der Waals surface area contributed by atoms with Crippen molar-refractivity contribution in [3.05, 3.63) is 71.0 Å². The first kappa shape index (κ1) is 21.7. The fourth-order valence-electron chi connectivity index (χ4n) is 3.42. The highest BCUT2D eigenvalue weighted by atomic mass is 79.9. The van der Waals surface area contributed by atoms with Gasteiger partial charge in [0.2, 0.25) is 5.91 Å². The number of carbonyl (C=O) groups is 3. The third-order valence-corrected chi connectivity index (χ3v) is 5.34. The van der Waals surface area contributed by atoms with Gasteiger partial charge in [-0.25, -0.2) is 4.98 Å². The number of hydrogen-bond acceptors (Lipinski definition) is 4. The van der Waals surface area contributed by atoms with Crippen molar-refractivity contribution in [1.82, 2.24) is 15.6 Å². The molecule has 7 nitrogen and oxygen atoms in total. The van der Waals surface area contributed by atoms with Gasteiger partial charge in [0.05, 0.1) is 0 Å². The monoisotopic (exact) mass is 470 g/mol. The van der Waals surface area contributed by atoms with E-state index in [1.807, 2.05) is 0 Å². The SMILES string of the molecule is C=CC(=O)N[C@H]1CCC[C@@H](NC(=O)c2ccc(NC(=O)c3cccc(Br)n3)cc2)C1. The highest BCUT2D eigenvalue weighted by Gasteiger charge is 2.24. The molecule has 0 radical (unpaired) electrons. The summed E-state index contributed by atoms with van der Waals surface area (Å²) < 4.78 is 0.580. The highest BCUT2D eigenvalue weighted by molar-refractivity contribution is 9.10. The summed E-state index contributed by atoms with van der Waals surface area (Å²) in [7, 11) is 0. The Bertz CT molecular complexity index is 946.